The first-order valence-electron chi connectivity index (χ1n) is 8.47. The van der Waals surface area contributed by atoms with Crippen LogP contribution in [-0.2, 0) is 14.3 Å². The number of hydrogen-bond donors (Lipinski definition) is 3. The summed E-state index contributed by atoms with van der Waals surface area (Å²) in [6, 6.07) is 16.6. The number of carboxylic acid groups (broad SMARTS) is 1. The smallest absolute Gasteiger partial charge is 0.417 e. The summed E-state index contributed by atoms with van der Waals surface area (Å²) in [5, 5.41) is 12.8. The van der Waals surface area contributed by atoms with Crippen molar-refractivity contribution in [1.82, 2.24) is 10.3 Å². The van der Waals surface area contributed by atoms with Gasteiger partial charge >= 0.3 is 11.9 Å². The van der Waals surface area contributed by atoms with Gasteiger partial charge in [-0.25, -0.2) is 9.59 Å². The Morgan fingerprint density at radius 2 is 1.89 bits per heavy atom. The Hall–Kier alpha value is -3.32. The van der Waals surface area contributed by atoms with Crippen LogP contribution in [0.4, 0.5) is 0 Å². The van der Waals surface area contributed by atoms with E-state index < -0.39 is 24.3 Å². The lowest BCUT2D eigenvalue weighted by molar-refractivity contribution is -0.168. The zero-order valence-corrected chi connectivity index (χ0v) is 14.7. The molecule has 0 saturated carbocycles. The first-order chi connectivity index (χ1) is 13.1. The summed E-state index contributed by atoms with van der Waals surface area (Å²) in [5.41, 5.74) is 1.63. The summed E-state index contributed by atoms with van der Waals surface area (Å²) >= 11 is 0. The lowest BCUT2D eigenvalue weighted by Crippen LogP contribution is -2.34. The number of ether oxygens (including phenoxy) is 2. The van der Waals surface area contributed by atoms with E-state index in [-0.39, 0.29) is 6.42 Å². The fourth-order valence-electron chi connectivity index (χ4n) is 2.83. The van der Waals surface area contributed by atoms with Gasteiger partial charge in [0.1, 0.15) is 11.9 Å². The third-order valence-corrected chi connectivity index (χ3v) is 4.17. The molecule has 0 aliphatic rings. The van der Waals surface area contributed by atoms with Gasteiger partial charge in [0, 0.05) is 23.5 Å². The number of aromatic nitrogens is 1. The first-order valence-corrected chi connectivity index (χ1v) is 8.47. The molecule has 27 heavy (non-hydrogen) atoms. The normalized spacial score (nSPS) is 13.1. The molecule has 0 saturated heterocycles. The van der Waals surface area contributed by atoms with Gasteiger partial charge in [0.05, 0.1) is 0 Å². The second kappa shape index (κ2) is 8.37. The number of esters is 1. The molecule has 0 fully saturated rings. The number of aliphatic carboxylic acids is 1. The minimum atomic E-state index is -1.63. The van der Waals surface area contributed by atoms with Crippen LogP contribution in [0.15, 0.2) is 60.8 Å². The van der Waals surface area contributed by atoms with Gasteiger partial charge in [-0.15, -0.1) is 0 Å². The Bertz CT molecular complexity index is 922. The second-order valence-corrected chi connectivity index (χ2v) is 5.94. The van der Waals surface area contributed by atoms with Crippen molar-refractivity contribution in [2.45, 2.75) is 18.8 Å². The van der Waals surface area contributed by atoms with Crippen molar-refractivity contribution in [3.05, 3.63) is 66.4 Å². The number of H-pyrrole nitrogens is 1. The molecule has 7 nitrogen and oxygen atoms in total. The molecule has 3 rings (SSSR count). The maximum absolute atomic E-state index is 11.6. The van der Waals surface area contributed by atoms with Gasteiger partial charge in [-0.1, -0.05) is 36.4 Å². The van der Waals surface area contributed by atoms with E-state index in [4.69, 9.17) is 14.6 Å². The van der Waals surface area contributed by atoms with E-state index in [1.165, 1.54) is 0 Å². The summed E-state index contributed by atoms with van der Waals surface area (Å²) in [5.74, 6) is -2.26. The molecule has 1 heterocycles. The van der Waals surface area contributed by atoms with Crippen LogP contribution in [0.1, 0.15) is 18.1 Å². The van der Waals surface area contributed by atoms with Gasteiger partial charge in [-0.05, 0) is 30.8 Å². The van der Waals surface area contributed by atoms with Crippen molar-refractivity contribution in [2.24, 2.45) is 0 Å². The number of carboxylic acids is 1. The molecule has 0 bridgehead atoms. The van der Waals surface area contributed by atoms with Gasteiger partial charge < -0.3 is 19.6 Å². The quantitative estimate of drug-likeness (QED) is 0.337. The highest BCUT2D eigenvalue weighted by Crippen LogP contribution is 2.28. The third-order valence-electron chi connectivity index (χ3n) is 4.17. The Morgan fingerprint density at radius 1 is 1.11 bits per heavy atom. The van der Waals surface area contributed by atoms with Crippen LogP contribution in [0.3, 0.4) is 0 Å². The van der Waals surface area contributed by atoms with Crippen molar-refractivity contribution in [3.63, 3.8) is 0 Å². The highest BCUT2D eigenvalue weighted by molar-refractivity contribution is 6.28. The number of rotatable bonds is 7. The molecule has 0 aliphatic heterocycles. The second-order valence-electron chi connectivity index (χ2n) is 5.94. The molecule has 1 aromatic heterocycles. The molecule has 1 unspecified atom stereocenters. The Kier molecular flexibility index (Phi) is 5.73. The summed E-state index contributed by atoms with van der Waals surface area (Å²) in [6.07, 6.45) is 0.795. The van der Waals surface area contributed by atoms with Crippen LogP contribution in [0.2, 0.25) is 0 Å². The fourth-order valence-corrected chi connectivity index (χ4v) is 2.83. The van der Waals surface area contributed by atoms with Crippen molar-refractivity contribution in [1.29, 1.82) is 0 Å². The van der Waals surface area contributed by atoms with Gasteiger partial charge in [0.25, 0.3) is 0 Å². The van der Waals surface area contributed by atoms with E-state index in [1.807, 2.05) is 36.5 Å². The SMILES string of the molecule is CNC(C[C@H](OC(=O)C(=O)O)c1ccccc1)Oc1cccc2[nH]ccc12. The molecular formula is C20H20N2O5. The van der Waals surface area contributed by atoms with Crippen LogP contribution in [0.25, 0.3) is 10.9 Å². The molecule has 3 N–H and O–H groups in total. The molecule has 0 aliphatic carbocycles. The van der Waals surface area contributed by atoms with Crippen molar-refractivity contribution >= 4 is 22.8 Å². The van der Waals surface area contributed by atoms with E-state index in [0.29, 0.717) is 11.3 Å². The van der Waals surface area contributed by atoms with Crippen molar-refractivity contribution in [3.8, 4) is 5.75 Å². The van der Waals surface area contributed by atoms with Crippen molar-refractivity contribution < 1.29 is 24.2 Å². The van der Waals surface area contributed by atoms with E-state index in [9.17, 15) is 9.59 Å². The van der Waals surface area contributed by atoms with Crippen LogP contribution in [0.5, 0.6) is 5.75 Å². The maximum Gasteiger partial charge on any atom is 0.417 e. The number of carbonyl (C=O) groups is 2. The zero-order chi connectivity index (χ0) is 19.2. The highest BCUT2D eigenvalue weighted by atomic mass is 16.6. The minimum absolute atomic E-state index is 0.236. The standard InChI is InChI=1S/C20H20N2O5/c1-21-18(26-16-9-5-8-15-14(16)10-11-22-15)12-17(27-20(25)19(23)24)13-6-3-2-4-7-13/h2-11,17-18,21-22H,12H2,1H3,(H,23,24)/t17-,18?/m0/s1. The molecule has 0 amide bonds. The Labute approximate surface area is 155 Å². The molecule has 0 radical (unpaired) electrons. The number of nitrogens with one attached hydrogen (secondary N) is 2. The Morgan fingerprint density at radius 3 is 2.59 bits per heavy atom. The van der Waals surface area contributed by atoms with E-state index in [2.05, 4.69) is 10.3 Å². The van der Waals surface area contributed by atoms with Gasteiger partial charge in [0.15, 0.2) is 6.23 Å². The lowest BCUT2D eigenvalue weighted by atomic mass is 10.1. The monoisotopic (exact) mass is 368 g/mol. The van der Waals surface area contributed by atoms with Crippen LogP contribution in [0, 0.1) is 0 Å². The summed E-state index contributed by atoms with van der Waals surface area (Å²) < 4.78 is 11.2. The average Bonchev–Trinajstić information content (AvgIpc) is 3.17. The number of aromatic amines is 1. The molecule has 3 aromatic rings. The predicted octanol–water partition coefficient (Wildman–Crippen LogP) is 2.85. The highest BCUT2D eigenvalue weighted by Gasteiger charge is 2.25. The number of carbonyl (C=O) groups excluding carboxylic acids is 1. The molecule has 140 valence electrons. The van der Waals surface area contributed by atoms with Gasteiger partial charge in [0.2, 0.25) is 0 Å². The lowest BCUT2D eigenvalue weighted by Gasteiger charge is -2.24. The Balaban J connectivity index is 1.81. The maximum atomic E-state index is 11.6. The van der Waals surface area contributed by atoms with Crippen molar-refractivity contribution in [2.75, 3.05) is 7.05 Å². The van der Waals surface area contributed by atoms with Crippen LogP contribution < -0.4 is 10.1 Å². The number of fused-ring (bicyclic) bond motifs is 1. The summed E-state index contributed by atoms with van der Waals surface area (Å²) in [4.78, 5) is 25.6. The average molecular weight is 368 g/mol. The molecular weight excluding hydrogens is 348 g/mol. The number of hydrogen-bond acceptors (Lipinski definition) is 5. The molecule has 2 aromatic carbocycles. The first kappa shape index (κ1) is 18.5. The zero-order valence-electron chi connectivity index (χ0n) is 14.7. The van der Waals surface area contributed by atoms with E-state index in [0.717, 1.165) is 10.9 Å². The van der Waals surface area contributed by atoms with Gasteiger partial charge in [-0.2, -0.15) is 0 Å². The van der Waals surface area contributed by atoms with Gasteiger partial charge in [-0.3, -0.25) is 5.32 Å². The fraction of sp³-hybridized carbons (Fsp3) is 0.200. The largest absolute Gasteiger partial charge is 0.474 e. The predicted molar refractivity (Wildman–Crippen MR) is 99.3 cm³/mol. The van der Waals surface area contributed by atoms with Crippen LogP contribution >= 0.6 is 0 Å². The molecule has 0 spiro atoms. The van der Waals surface area contributed by atoms with Crippen LogP contribution in [-0.4, -0.2) is 35.3 Å². The summed E-state index contributed by atoms with van der Waals surface area (Å²) in [6.45, 7) is 0. The van der Waals surface area contributed by atoms with E-state index in [1.54, 1.807) is 31.3 Å². The van der Waals surface area contributed by atoms with E-state index >= 15 is 0 Å². The third kappa shape index (κ3) is 4.45. The summed E-state index contributed by atoms with van der Waals surface area (Å²) in [7, 11) is 1.73. The topological polar surface area (TPSA) is 101 Å². The molecule has 7 heteroatoms. The minimum Gasteiger partial charge on any atom is -0.474 e. The number of benzene rings is 2. The molecule has 2 atom stereocenters.